The molecule has 5 nitrogen and oxygen atoms in total. The van der Waals surface area contributed by atoms with Gasteiger partial charge in [0.05, 0.1) is 5.75 Å². The van der Waals surface area contributed by atoms with Crippen LogP contribution in [0.3, 0.4) is 0 Å². The van der Waals surface area contributed by atoms with Crippen molar-refractivity contribution >= 4 is 16.0 Å². The van der Waals surface area contributed by atoms with Gasteiger partial charge in [-0.2, -0.15) is 8.42 Å². The van der Waals surface area contributed by atoms with Crippen molar-refractivity contribution in [3.63, 3.8) is 0 Å². The average molecular weight is 400 g/mol. The van der Waals surface area contributed by atoms with E-state index in [-0.39, 0.29) is 76.0 Å². The van der Waals surface area contributed by atoms with Gasteiger partial charge < -0.3 is 10.1 Å². The van der Waals surface area contributed by atoms with Gasteiger partial charge in [-0.25, -0.2) is 0 Å². The van der Waals surface area contributed by atoms with E-state index in [2.05, 4.69) is 11.9 Å². The molecular formula is C18H34KNO4S. The molecule has 0 fully saturated rings. The molecule has 0 aliphatic rings. The van der Waals surface area contributed by atoms with Crippen molar-refractivity contribution in [2.24, 2.45) is 4.99 Å². The second kappa shape index (κ2) is 19.5. The fourth-order valence-electron chi connectivity index (χ4n) is 2.42. The predicted molar refractivity (Wildman–Crippen MR) is 98.9 cm³/mol. The SMILES string of the molecule is CCCCCCCCCCCC/C=C/C([O-])=NCCCS(=O)(=O)O.[K+]. The van der Waals surface area contributed by atoms with Gasteiger partial charge >= 0.3 is 51.4 Å². The topological polar surface area (TPSA) is 89.8 Å². The van der Waals surface area contributed by atoms with Crippen molar-refractivity contribution in [1.29, 1.82) is 0 Å². The van der Waals surface area contributed by atoms with Crippen molar-refractivity contribution in [2.45, 2.75) is 84.0 Å². The van der Waals surface area contributed by atoms with Gasteiger partial charge in [0.25, 0.3) is 10.1 Å². The summed E-state index contributed by atoms with van der Waals surface area (Å²) < 4.78 is 29.5. The van der Waals surface area contributed by atoms with E-state index < -0.39 is 10.1 Å². The molecule has 25 heavy (non-hydrogen) atoms. The number of allylic oxidation sites excluding steroid dienone is 1. The maximum atomic E-state index is 11.4. The first-order chi connectivity index (χ1) is 11.5. The minimum atomic E-state index is -3.95. The summed E-state index contributed by atoms with van der Waals surface area (Å²) in [6.45, 7) is 2.36. The molecule has 1 N–H and O–H groups in total. The maximum Gasteiger partial charge on any atom is 1.00 e. The minimum Gasteiger partial charge on any atom is -0.859 e. The molecule has 142 valence electrons. The summed E-state index contributed by atoms with van der Waals surface area (Å²) >= 11 is 0. The first-order valence-electron chi connectivity index (χ1n) is 9.29. The van der Waals surface area contributed by atoms with E-state index in [1.165, 1.54) is 63.9 Å². The van der Waals surface area contributed by atoms with Gasteiger partial charge in [-0.1, -0.05) is 76.9 Å². The van der Waals surface area contributed by atoms with E-state index >= 15 is 0 Å². The molecule has 0 saturated carbocycles. The Balaban J connectivity index is 0. The van der Waals surface area contributed by atoms with E-state index in [9.17, 15) is 13.5 Å². The summed E-state index contributed by atoms with van der Waals surface area (Å²) in [6.07, 6.45) is 17.2. The molecule has 0 radical (unpaired) electrons. The monoisotopic (exact) mass is 399 g/mol. The number of aliphatic imine (C=N–C) groups is 1. The third-order valence-electron chi connectivity index (χ3n) is 3.81. The Bertz CT molecular complexity index is 450. The first kappa shape index (κ1) is 28.0. The summed E-state index contributed by atoms with van der Waals surface area (Å²) in [5, 5.41) is 11.4. The van der Waals surface area contributed by atoms with Gasteiger partial charge in [0, 0.05) is 6.54 Å². The summed E-state index contributed by atoms with van der Waals surface area (Å²) in [5.41, 5.74) is 0. The van der Waals surface area contributed by atoms with Crippen LogP contribution in [-0.2, 0) is 10.1 Å². The molecule has 0 aromatic heterocycles. The van der Waals surface area contributed by atoms with Crippen LogP contribution in [0.4, 0.5) is 0 Å². The molecule has 0 aromatic rings. The van der Waals surface area contributed by atoms with Gasteiger partial charge in [0.2, 0.25) is 0 Å². The molecule has 0 saturated heterocycles. The van der Waals surface area contributed by atoms with E-state index in [4.69, 9.17) is 4.55 Å². The molecule has 7 heteroatoms. The fourth-order valence-corrected chi connectivity index (χ4v) is 2.92. The van der Waals surface area contributed by atoms with Crippen LogP contribution in [0.2, 0.25) is 0 Å². The Kier molecular flexibility index (Phi) is 21.8. The zero-order valence-corrected chi connectivity index (χ0v) is 20.0. The van der Waals surface area contributed by atoms with E-state index in [1.807, 2.05) is 6.08 Å². The van der Waals surface area contributed by atoms with Crippen LogP contribution in [0.5, 0.6) is 0 Å². The molecule has 0 amide bonds. The molecule has 0 aliphatic heterocycles. The van der Waals surface area contributed by atoms with Crippen molar-refractivity contribution in [3.05, 3.63) is 12.2 Å². The van der Waals surface area contributed by atoms with Crippen molar-refractivity contribution < 1.29 is 69.5 Å². The molecule has 0 heterocycles. The van der Waals surface area contributed by atoms with Gasteiger partial charge in [-0.05, 0) is 25.2 Å². The summed E-state index contributed by atoms with van der Waals surface area (Å²) in [4.78, 5) is 3.71. The fraction of sp³-hybridized carbons (Fsp3) is 0.833. The van der Waals surface area contributed by atoms with Crippen LogP contribution >= 0.6 is 0 Å². The van der Waals surface area contributed by atoms with Crippen LogP contribution in [0, 0.1) is 0 Å². The van der Waals surface area contributed by atoms with Crippen LogP contribution in [0.25, 0.3) is 0 Å². The van der Waals surface area contributed by atoms with Crippen LogP contribution in [-0.4, -0.2) is 31.2 Å². The van der Waals surface area contributed by atoms with Gasteiger partial charge in [-0.15, -0.1) is 0 Å². The van der Waals surface area contributed by atoms with Crippen molar-refractivity contribution in [1.82, 2.24) is 0 Å². The maximum absolute atomic E-state index is 11.4. The Morgan fingerprint density at radius 3 is 2.00 bits per heavy atom. The Morgan fingerprint density at radius 2 is 1.48 bits per heavy atom. The normalized spacial score (nSPS) is 12.5. The summed E-state index contributed by atoms with van der Waals surface area (Å²) in [6, 6.07) is 0. The Hall–Kier alpha value is 0.756. The van der Waals surface area contributed by atoms with Crippen LogP contribution in [0.1, 0.15) is 84.0 Å². The largest absolute Gasteiger partial charge is 1.00 e. The first-order valence-corrected chi connectivity index (χ1v) is 10.9. The molecule has 0 aliphatic carbocycles. The molecular weight excluding hydrogens is 365 g/mol. The molecule has 0 atom stereocenters. The van der Waals surface area contributed by atoms with Gasteiger partial charge in [-0.3, -0.25) is 4.55 Å². The van der Waals surface area contributed by atoms with E-state index in [0.717, 1.165) is 12.8 Å². The van der Waals surface area contributed by atoms with Crippen molar-refractivity contribution in [2.75, 3.05) is 12.3 Å². The minimum absolute atomic E-state index is 0. The second-order valence-corrected chi connectivity index (χ2v) is 7.80. The van der Waals surface area contributed by atoms with Crippen molar-refractivity contribution in [3.8, 4) is 0 Å². The number of hydrogen-bond donors (Lipinski definition) is 1. The number of hydrogen-bond acceptors (Lipinski definition) is 4. The quantitative estimate of drug-likeness (QED) is 0.137. The number of rotatable bonds is 16. The summed E-state index contributed by atoms with van der Waals surface area (Å²) in [7, 11) is -3.95. The average Bonchev–Trinajstić information content (AvgIpc) is 2.52. The van der Waals surface area contributed by atoms with E-state index in [0.29, 0.717) is 0 Å². The van der Waals surface area contributed by atoms with Crippen LogP contribution in [0.15, 0.2) is 17.1 Å². The standard InChI is InChI=1S/C18H35NO4S.K/c1-2-3-4-5-6-7-8-9-10-11-12-13-15-18(20)19-16-14-17-24(21,22)23;/h13,15H,2-12,14,16-17H2,1H3,(H,19,20)(H,21,22,23);/q;+1/p-1/b15-13+;. The molecule has 0 unspecified atom stereocenters. The smallest absolute Gasteiger partial charge is 0.859 e. The second-order valence-electron chi connectivity index (χ2n) is 6.23. The Morgan fingerprint density at radius 1 is 0.960 bits per heavy atom. The third kappa shape index (κ3) is 24.8. The third-order valence-corrected chi connectivity index (χ3v) is 4.62. The molecule has 0 rings (SSSR count). The van der Waals surface area contributed by atoms with Gasteiger partial charge in [0.1, 0.15) is 0 Å². The number of nitrogens with zero attached hydrogens (tertiary/aromatic N) is 1. The number of unbranched alkanes of at least 4 members (excludes halogenated alkanes) is 10. The predicted octanol–water partition coefficient (Wildman–Crippen LogP) is 0.894. The van der Waals surface area contributed by atoms with Crippen LogP contribution < -0.4 is 56.5 Å². The summed E-state index contributed by atoms with van der Waals surface area (Å²) in [5.74, 6) is -0.691. The zero-order valence-electron chi connectivity index (χ0n) is 16.1. The van der Waals surface area contributed by atoms with E-state index in [1.54, 1.807) is 0 Å². The molecule has 0 bridgehead atoms. The Labute approximate surface area is 196 Å². The molecule has 0 spiro atoms. The zero-order chi connectivity index (χ0) is 18.1. The van der Waals surface area contributed by atoms with Gasteiger partial charge in [0.15, 0.2) is 0 Å². The molecule has 0 aromatic carbocycles.